The number of amides is 1. The van der Waals surface area contributed by atoms with Gasteiger partial charge in [0, 0.05) is 37.3 Å². The van der Waals surface area contributed by atoms with Gasteiger partial charge in [0.2, 0.25) is 0 Å². The van der Waals surface area contributed by atoms with Gasteiger partial charge in [-0.1, -0.05) is 23.7 Å². The van der Waals surface area contributed by atoms with Gasteiger partial charge in [-0.15, -0.1) is 0 Å². The van der Waals surface area contributed by atoms with E-state index in [1.807, 2.05) is 17.0 Å². The van der Waals surface area contributed by atoms with Gasteiger partial charge >= 0.3 is 0 Å². The summed E-state index contributed by atoms with van der Waals surface area (Å²) in [5.41, 5.74) is 0.457. The molecule has 1 aliphatic heterocycles. The first-order valence-electron chi connectivity index (χ1n) is 7.73. The maximum Gasteiger partial charge on any atom is 0.283 e. The van der Waals surface area contributed by atoms with E-state index in [4.69, 9.17) is 11.6 Å². The predicted molar refractivity (Wildman–Crippen MR) is 94.3 cm³/mol. The lowest BCUT2D eigenvalue weighted by Gasteiger charge is -2.36. The number of nitrogens with zero attached hydrogens (tertiary/aromatic N) is 3. The molecule has 1 saturated heterocycles. The Labute approximate surface area is 149 Å². The van der Waals surface area contributed by atoms with Crippen LogP contribution in [0.15, 0.2) is 42.5 Å². The van der Waals surface area contributed by atoms with Crippen LogP contribution in [-0.4, -0.2) is 47.0 Å². The van der Waals surface area contributed by atoms with Crippen LogP contribution in [0.5, 0.6) is 5.75 Å². The fourth-order valence-corrected chi connectivity index (χ4v) is 3.06. The van der Waals surface area contributed by atoms with E-state index in [9.17, 15) is 20.0 Å². The Morgan fingerprint density at radius 2 is 1.80 bits per heavy atom. The fraction of sp³-hybridized carbons (Fsp3) is 0.235. The number of nitro groups is 1. The van der Waals surface area contributed by atoms with Crippen molar-refractivity contribution in [1.82, 2.24) is 4.90 Å². The van der Waals surface area contributed by atoms with Gasteiger partial charge in [0.05, 0.1) is 10.6 Å². The molecule has 1 N–H and O–H groups in total. The van der Waals surface area contributed by atoms with Crippen LogP contribution in [-0.2, 0) is 0 Å². The Hall–Kier alpha value is -2.80. The lowest BCUT2D eigenvalue weighted by atomic mass is 10.1. The highest BCUT2D eigenvalue weighted by Crippen LogP contribution is 2.28. The first-order valence-corrected chi connectivity index (χ1v) is 8.11. The van der Waals surface area contributed by atoms with Crippen molar-refractivity contribution in [2.24, 2.45) is 0 Å². The zero-order valence-electron chi connectivity index (χ0n) is 13.3. The number of benzene rings is 2. The molecule has 7 nitrogen and oxygen atoms in total. The van der Waals surface area contributed by atoms with E-state index in [2.05, 4.69) is 0 Å². The summed E-state index contributed by atoms with van der Waals surface area (Å²) < 4.78 is 0. The first-order chi connectivity index (χ1) is 12.0. The van der Waals surface area contributed by atoms with Crippen molar-refractivity contribution in [2.45, 2.75) is 0 Å². The maximum absolute atomic E-state index is 12.7. The van der Waals surface area contributed by atoms with Gasteiger partial charge in [-0.3, -0.25) is 14.9 Å². The van der Waals surface area contributed by atoms with E-state index in [1.165, 1.54) is 18.2 Å². The summed E-state index contributed by atoms with van der Waals surface area (Å²) in [5, 5.41) is 21.3. The Bertz CT molecular complexity index is 819. The van der Waals surface area contributed by atoms with E-state index >= 15 is 0 Å². The molecule has 1 fully saturated rings. The second-order valence-electron chi connectivity index (χ2n) is 5.69. The number of phenolic OH excluding ortho intramolecular Hbond substituents is 1. The summed E-state index contributed by atoms with van der Waals surface area (Å²) in [6, 6.07) is 11.1. The Kier molecular flexibility index (Phi) is 4.76. The molecular weight excluding hydrogens is 346 g/mol. The topological polar surface area (TPSA) is 86.9 Å². The largest absolute Gasteiger partial charge is 0.506 e. The number of aromatic hydroxyl groups is 1. The summed E-state index contributed by atoms with van der Waals surface area (Å²) in [6.45, 7) is 1.88. The van der Waals surface area contributed by atoms with E-state index in [0.29, 0.717) is 31.9 Å². The molecule has 0 atom stereocenters. The minimum Gasteiger partial charge on any atom is -0.506 e. The van der Waals surface area contributed by atoms with Crippen molar-refractivity contribution in [3.8, 4) is 5.75 Å². The maximum atomic E-state index is 12.7. The number of carbonyl (C=O) groups excluding carboxylic acids is 1. The number of anilines is 1. The van der Waals surface area contributed by atoms with Gasteiger partial charge in [0.15, 0.2) is 0 Å². The number of para-hydroxylation sites is 2. The molecule has 0 radical (unpaired) electrons. The van der Waals surface area contributed by atoms with E-state index < -0.39 is 4.92 Å². The molecule has 0 spiro atoms. The lowest BCUT2D eigenvalue weighted by Crippen LogP contribution is -2.48. The Morgan fingerprint density at radius 1 is 1.12 bits per heavy atom. The van der Waals surface area contributed by atoms with Crippen LogP contribution >= 0.6 is 11.6 Å². The molecule has 130 valence electrons. The highest BCUT2D eigenvalue weighted by atomic mass is 35.5. The number of rotatable bonds is 3. The summed E-state index contributed by atoms with van der Waals surface area (Å²) in [7, 11) is 0. The SMILES string of the molecule is O=C(c1ccc(Cl)cc1[N+](=O)[O-])N1CCN(c2ccccc2O)CC1. The van der Waals surface area contributed by atoms with Crippen molar-refractivity contribution in [1.29, 1.82) is 0 Å². The second-order valence-corrected chi connectivity index (χ2v) is 6.12. The number of piperazine rings is 1. The summed E-state index contributed by atoms with van der Waals surface area (Å²) in [5.74, 6) is -0.198. The lowest BCUT2D eigenvalue weighted by molar-refractivity contribution is -0.385. The monoisotopic (exact) mass is 361 g/mol. The first kappa shape index (κ1) is 17.0. The Balaban J connectivity index is 1.74. The number of phenols is 1. The zero-order chi connectivity index (χ0) is 18.0. The highest BCUT2D eigenvalue weighted by molar-refractivity contribution is 6.31. The van der Waals surface area contributed by atoms with Crippen LogP contribution in [0.2, 0.25) is 5.02 Å². The molecule has 0 saturated carbocycles. The van der Waals surface area contributed by atoms with Gasteiger partial charge in [0.1, 0.15) is 11.3 Å². The summed E-state index contributed by atoms with van der Waals surface area (Å²) in [6.07, 6.45) is 0. The van der Waals surface area contributed by atoms with Crippen LogP contribution in [0.1, 0.15) is 10.4 Å². The van der Waals surface area contributed by atoms with E-state index in [1.54, 1.807) is 17.0 Å². The molecule has 1 amide bonds. The van der Waals surface area contributed by atoms with Crippen molar-refractivity contribution >= 4 is 28.9 Å². The number of hydrogen-bond donors (Lipinski definition) is 1. The van der Waals surface area contributed by atoms with Gasteiger partial charge < -0.3 is 14.9 Å². The van der Waals surface area contributed by atoms with Crippen LogP contribution in [0.25, 0.3) is 0 Å². The molecule has 25 heavy (non-hydrogen) atoms. The van der Waals surface area contributed by atoms with E-state index in [-0.39, 0.29) is 27.9 Å². The third-order valence-corrected chi connectivity index (χ3v) is 4.41. The minimum atomic E-state index is -0.600. The molecule has 3 rings (SSSR count). The van der Waals surface area contributed by atoms with Crippen molar-refractivity contribution in [2.75, 3.05) is 31.1 Å². The second kappa shape index (κ2) is 6.98. The molecule has 0 unspecified atom stereocenters. The fourth-order valence-electron chi connectivity index (χ4n) is 2.89. The van der Waals surface area contributed by atoms with Crippen molar-refractivity contribution < 1.29 is 14.8 Å². The smallest absolute Gasteiger partial charge is 0.283 e. The van der Waals surface area contributed by atoms with Crippen LogP contribution < -0.4 is 4.90 Å². The predicted octanol–water partition coefficient (Wildman–Crippen LogP) is 2.92. The van der Waals surface area contributed by atoms with Gasteiger partial charge in [-0.2, -0.15) is 0 Å². The quantitative estimate of drug-likeness (QED) is 0.671. The van der Waals surface area contributed by atoms with Gasteiger partial charge in [-0.25, -0.2) is 0 Å². The number of nitro benzene ring substituents is 1. The molecule has 2 aromatic carbocycles. The molecule has 8 heteroatoms. The summed E-state index contributed by atoms with van der Waals surface area (Å²) >= 11 is 5.79. The molecule has 0 bridgehead atoms. The Morgan fingerprint density at radius 3 is 2.44 bits per heavy atom. The zero-order valence-corrected chi connectivity index (χ0v) is 14.0. The average molecular weight is 362 g/mol. The van der Waals surface area contributed by atoms with Gasteiger partial charge in [0.25, 0.3) is 11.6 Å². The molecule has 0 aromatic heterocycles. The van der Waals surface area contributed by atoms with Crippen LogP contribution in [0.3, 0.4) is 0 Å². The van der Waals surface area contributed by atoms with E-state index in [0.717, 1.165) is 0 Å². The third kappa shape index (κ3) is 3.51. The minimum absolute atomic E-state index is 0.0328. The van der Waals surface area contributed by atoms with Crippen LogP contribution in [0.4, 0.5) is 11.4 Å². The molecule has 0 aliphatic carbocycles. The number of carbonyl (C=O) groups is 1. The van der Waals surface area contributed by atoms with Gasteiger partial charge in [-0.05, 0) is 24.3 Å². The number of halogens is 1. The van der Waals surface area contributed by atoms with Crippen LogP contribution in [0, 0.1) is 10.1 Å². The normalized spacial score (nSPS) is 14.4. The third-order valence-electron chi connectivity index (χ3n) is 4.18. The summed E-state index contributed by atoms with van der Waals surface area (Å²) in [4.78, 5) is 26.8. The highest BCUT2D eigenvalue weighted by Gasteiger charge is 2.28. The molecule has 2 aromatic rings. The molecular formula is C17H16ClN3O4. The number of hydrogen-bond acceptors (Lipinski definition) is 5. The molecule has 1 aliphatic rings. The van der Waals surface area contributed by atoms with Crippen molar-refractivity contribution in [3.05, 3.63) is 63.2 Å². The average Bonchev–Trinajstić information content (AvgIpc) is 2.61. The van der Waals surface area contributed by atoms with Crippen molar-refractivity contribution in [3.63, 3.8) is 0 Å². The standard InChI is InChI=1S/C17H16ClN3O4/c18-12-5-6-13(15(11-12)21(24)25)17(23)20-9-7-19(8-10-20)14-3-1-2-4-16(14)22/h1-6,11,22H,7-10H2. The molecule has 1 heterocycles.